The summed E-state index contributed by atoms with van der Waals surface area (Å²) in [6.45, 7) is 1.77. The van der Waals surface area contributed by atoms with Crippen LogP contribution in [0.25, 0.3) is 0 Å². The van der Waals surface area contributed by atoms with Gasteiger partial charge in [0.1, 0.15) is 0 Å². The van der Waals surface area contributed by atoms with Gasteiger partial charge in [-0.15, -0.1) is 0 Å². The first-order valence-corrected chi connectivity index (χ1v) is 9.03. The molecule has 0 radical (unpaired) electrons. The minimum absolute atomic E-state index is 0.523. The van der Waals surface area contributed by atoms with Crippen LogP contribution in [-0.2, 0) is 61.7 Å². The Bertz CT molecular complexity index is 60.4. The summed E-state index contributed by atoms with van der Waals surface area (Å²) in [5.74, 6) is 0. The summed E-state index contributed by atoms with van der Waals surface area (Å²) in [5, 5.41) is 0. The number of hydrogen-bond acceptors (Lipinski definition) is 2. The second kappa shape index (κ2) is 3.84. The average molecular weight is 487 g/mol. The van der Waals surface area contributed by atoms with E-state index in [9.17, 15) is 0 Å². The molecule has 0 aromatic heterocycles. The summed E-state index contributed by atoms with van der Waals surface area (Å²) in [5.41, 5.74) is 0. The Balaban J connectivity index is 2.19. The molecule has 1 aliphatic heterocycles. The maximum absolute atomic E-state index is 5.40. The van der Waals surface area contributed by atoms with Crippen LogP contribution in [0.2, 0.25) is 0 Å². The number of hydrogen-bond donors (Lipinski definition) is 0. The molecular formula is C4H6Hg2O2. The topological polar surface area (TPSA) is 18.5 Å². The Morgan fingerprint density at radius 2 is 1.38 bits per heavy atom. The predicted octanol–water partition coefficient (Wildman–Crippen LogP) is -0.221. The van der Waals surface area contributed by atoms with Crippen molar-refractivity contribution in [3.8, 4) is 0 Å². The molecule has 2 unspecified atom stereocenters. The summed E-state index contributed by atoms with van der Waals surface area (Å²) in [6.07, 6.45) is 0. The van der Waals surface area contributed by atoms with Crippen molar-refractivity contribution in [3.63, 3.8) is 0 Å². The minimum atomic E-state index is 0.523. The van der Waals surface area contributed by atoms with Gasteiger partial charge in [0, 0.05) is 0 Å². The van der Waals surface area contributed by atoms with Gasteiger partial charge in [0.15, 0.2) is 0 Å². The van der Waals surface area contributed by atoms with E-state index in [-0.39, 0.29) is 0 Å². The van der Waals surface area contributed by atoms with Crippen molar-refractivity contribution in [2.45, 2.75) is 7.23 Å². The number of rotatable bonds is 0. The first-order chi connectivity index (χ1) is 3.79. The molecule has 0 saturated carbocycles. The third-order valence-corrected chi connectivity index (χ3v) is 4.70. The molecule has 38 valence electrons. The first-order valence-electron chi connectivity index (χ1n) is 2.68. The van der Waals surface area contributed by atoms with Crippen molar-refractivity contribution in [1.29, 1.82) is 0 Å². The van der Waals surface area contributed by atoms with E-state index >= 15 is 0 Å². The average Bonchev–Trinajstić information content (AvgIpc) is 1.77. The quantitative estimate of drug-likeness (QED) is 0.441. The fraction of sp³-hybridized carbons (Fsp3) is 1.00. The Morgan fingerprint density at radius 3 is 1.62 bits per heavy atom. The van der Waals surface area contributed by atoms with Crippen LogP contribution in [0.3, 0.4) is 0 Å². The van der Waals surface area contributed by atoms with Gasteiger partial charge in [0.25, 0.3) is 0 Å². The molecule has 1 fully saturated rings. The Morgan fingerprint density at radius 1 is 1.00 bits per heavy atom. The van der Waals surface area contributed by atoms with Gasteiger partial charge in [-0.05, 0) is 0 Å². The van der Waals surface area contributed by atoms with E-state index in [1.807, 2.05) is 0 Å². The van der Waals surface area contributed by atoms with Crippen LogP contribution in [0.1, 0.15) is 0 Å². The molecule has 0 aliphatic carbocycles. The molecule has 4 heteroatoms. The third kappa shape index (κ3) is 2.58. The molecule has 1 rings (SSSR count). The van der Waals surface area contributed by atoms with Crippen molar-refractivity contribution in [2.24, 2.45) is 0 Å². The van der Waals surface area contributed by atoms with Crippen LogP contribution in [0, 0.1) is 0 Å². The van der Waals surface area contributed by atoms with Crippen LogP contribution >= 0.6 is 0 Å². The molecule has 2 atom stereocenters. The third-order valence-electron chi connectivity index (χ3n) is 1.04. The van der Waals surface area contributed by atoms with Crippen LogP contribution in [0.4, 0.5) is 0 Å². The van der Waals surface area contributed by atoms with Gasteiger partial charge in [-0.25, -0.2) is 0 Å². The van der Waals surface area contributed by atoms with Crippen molar-refractivity contribution >= 4 is 0 Å². The molecule has 2 nitrogen and oxygen atoms in total. The van der Waals surface area contributed by atoms with Crippen molar-refractivity contribution in [3.05, 3.63) is 0 Å². The zero-order chi connectivity index (χ0) is 5.98. The normalized spacial score (nSPS) is 40.0. The van der Waals surface area contributed by atoms with E-state index in [0.717, 1.165) is 65.5 Å². The van der Waals surface area contributed by atoms with E-state index in [0.29, 0.717) is 7.23 Å². The van der Waals surface area contributed by atoms with Crippen LogP contribution in [0.15, 0.2) is 0 Å². The zero-order valence-electron chi connectivity index (χ0n) is 4.80. The monoisotopic (exact) mass is 490 g/mol. The fourth-order valence-corrected chi connectivity index (χ4v) is 2.70. The Hall–Kier alpha value is 1.79. The van der Waals surface area contributed by atoms with E-state index < -0.39 is 0 Å². The van der Waals surface area contributed by atoms with Crippen LogP contribution in [-0.4, -0.2) is 20.4 Å². The van der Waals surface area contributed by atoms with Crippen molar-refractivity contribution in [2.75, 3.05) is 13.2 Å². The van der Waals surface area contributed by atoms with Gasteiger partial charge < -0.3 is 0 Å². The summed E-state index contributed by atoms with van der Waals surface area (Å²) in [4.78, 5) is 0. The summed E-state index contributed by atoms with van der Waals surface area (Å²) >= 11 is 1.49. The van der Waals surface area contributed by atoms with E-state index in [4.69, 9.17) is 9.47 Å². The summed E-state index contributed by atoms with van der Waals surface area (Å²) in [7, 11) is 0. The van der Waals surface area contributed by atoms with Gasteiger partial charge in [-0.2, -0.15) is 0 Å². The van der Waals surface area contributed by atoms with Crippen LogP contribution in [0.5, 0.6) is 0 Å². The second-order valence-corrected chi connectivity index (χ2v) is 8.99. The van der Waals surface area contributed by atoms with E-state index in [2.05, 4.69) is 0 Å². The number of ether oxygens (including phenoxy) is 2. The molecule has 1 heterocycles. The van der Waals surface area contributed by atoms with Crippen molar-refractivity contribution < 1.29 is 61.7 Å². The van der Waals surface area contributed by atoms with Crippen molar-refractivity contribution in [1.82, 2.24) is 0 Å². The Labute approximate surface area is 81.2 Å². The van der Waals surface area contributed by atoms with E-state index in [1.54, 1.807) is 0 Å². The maximum atomic E-state index is 5.40. The SMILES string of the molecule is [Hg][CH]1CO[CH]([Hg])CO1. The van der Waals surface area contributed by atoms with Gasteiger partial charge in [0.05, 0.1) is 0 Å². The molecule has 0 aromatic carbocycles. The molecule has 0 aromatic rings. The fourth-order valence-electron chi connectivity index (χ4n) is 0.583. The van der Waals surface area contributed by atoms with Crippen LogP contribution < -0.4 is 0 Å². The summed E-state index contributed by atoms with van der Waals surface area (Å²) < 4.78 is 11.8. The van der Waals surface area contributed by atoms with Gasteiger partial charge in [-0.1, -0.05) is 0 Å². The Kier molecular flexibility index (Phi) is 3.79. The molecule has 0 N–H and O–H groups in total. The van der Waals surface area contributed by atoms with Gasteiger partial charge in [-0.3, -0.25) is 0 Å². The van der Waals surface area contributed by atoms with E-state index in [1.165, 1.54) is 0 Å². The molecule has 1 saturated heterocycles. The standard InChI is InChI=1S/C4H6O2.2Hg/c1-2-6-4-3-5-1;;/h1,4H,2-3H2;;. The molecule has 0 spiro atoms. The molecular weight excluding hydrogens is 481 g/mol. The van der Waals surface area contributed by atoms with Gasteiger partial charge in [0.2, 0.25) is 0 Å². The molecule has 0 amide bonds. The summed E-state index contributed by atoms with van der Waals surface area (Å²) in [6, 6.07) is 0. The predicted molar refractivity (Wildman–Crippen MR) is 19.5 cm³/mol. The molecule has 1 aliphatic rings. The van der Waals surface area contributed by atoms with Gasteiger partial charge >= 0.3 is 82.2 Å². The zero-order valence-corrected chi connectivity index (χ0v) is 15.8. The second-order valence-electron chi connectivity index (χ2n) is 1.91. The molecule has 0 bridgehead atoms. The molecule has 8 heavy (non-hydrogen) atoms. The first kappa shape index (κ1) is 7.89.